The molecule has 2 aliphatic heterocycles. The van der Waals surface area contributed by atoms with E-state index < -0.39 is 35.8 Å². The monoisotopic (exact) mass is 753 g/mol. The summed E-state index contributed by atoms with van der Waals surface area (Å²) in [5.74, 6) is 0.562. The molecule has 0 unspecified atom stereocenters. The number of rotatable bonds is 12. The van der Waals surface area contributed by atoms with E-state index in [4.69, 9.17) is 0 Å². The van der Waals surface area contributed by atoms with Gasteiger partial charge < -0.3 is 9.88 Å². The molecule has 11 nitrogen and oxygen atoms in total. The zero-order valence-electron chi connectivity index (χ0n) is 28.3. The van der Waals surface area contributed by atoms with Gasteiger partial charge in [0.25, 0.3) is 16.6 Å². The molecule has 2 fully saturated rings. The van der Waals surface area contributed by atoms with Gasteiger partial charge in [-0.05, 0) is 56.0 Å². The van der Waals surface area contributed by atoms with Gasteiger partial charge in [0, 0.05) is 80.2 Å². The number of alkyl halides is 5. The number of piperazine rings is 1. The third kappa shape index (κ3) is 8.78. The summed E-state index contributed by atoms with van der Waals surface area (Å²) in [4.78, 5) is 13.8. The van der Waals surface area contributed by atoms with Gasteiger partial charge in [-0.25, -0.2) is 18.7 Å². The van der Waals surface area contributed by atoms with Gasteiger partial charge in [-0.3, -0.25) is 9.80 Å². The Hall–Kier alpha value is -3.47. The average molecular weight is 754 g/mol. The molecule has 4 aromatic rings. The first-order valence-corrected chi connectivity index (χ1v) is 19.0. The molecule has 0 aliphatic carbocycles. The summed E-state index contributed by atoms with van der Waals surface area (Å²) in [6.45, 7) is 7.33. The Balaban J connectivity index is 1.06. The molecule has 51 heavy (non-hydrogen) atoms. The fourth-order valence-corrected chi connectivity index (χ4v) is 9.17. The van der Waals surface area contributed by atoms with E-state index in [0.717, 1.165) is 65.8 Å². The lowest BCUT2D eigenvalue weighted by Gasteiger charge is -2.37. The summed E-state index contributed by atoms with van der Waals surface area (Å²) in [6, 6.07) is 10.0. The highest BCUT2D eigenvalue weighted by atomic mass is 32.2. The number of nitrogens with one attached hydrogen (secondary N) is 2. The Labute approximate surface area is 297 Å². The van der Waals surface area contributed by atoms with E-state index >= 15 is 0 Å². The normalized spacial score (nSPS) is 18.2. The quantitative estimate of drug-likeness (QED) is 0.192. The van der Waals surface area contributed by atoms with Gasteiger partial charge in [0.1, 0.15) is 28.7 Å². The Morgan fingerprint density at radius 2 is 1.78 bits per heavy atom. The zero-order valence-corrected chi connectivity index (χ0v) is 29.9. The molecular weight excluding hydrogens is 714 g/mol. The number of likely N-dealkylation sites (tertiary alicyclic amines) is 1. The number of nitriles is 1. The first-order valence-electron chi connectivity index (χ1n) is 16.8. The van der Waals surface area contributed by atoms with Crippen LogP contribution in [0.15, 0.2) is 30.6 Å². The van der Waals surface area contributed by atoms with Crippen molar-refractivity contribution < 1.29 is 30.4 Å². The Morgan fingerprint density at radius 1 is 1.06 bits per heavy atom. The highest BCUT2D eigenvalue weighted by molar-refractivity contribution is 7.87. The van der Waals surface area contributed by atoms with Crippen LogP contribution >= 0.6 is 11.3 Å². The number of benzene rings is 1. The van der Waals surface area contributed by atoms with Gasteiger partial charge in [0.2, 0.25) is 0 Å². The summed E-state index contributed by atoms with van der Waals surface area (Å²) < 4.78 is 93.9. The molecule has 1 atom stereocenters. The molecular formula is C33H40F5N9O2S2. The average Bonchev–Trinajstić information content (AvgIpc) is 3.66. The lowest BCUT2D eigenvalue weighted by Crippen LogP contribution is -2.54. The maximum absolute atomic E-state index is 13.0. The number of aryl methyl sites for hydroxylation is 1. The van der Waals surface area contributed by atoms with E-state index in [-0.39, 0.29) is 30.1 Å². The van der Waals surface area contributed by atoms with Crippen LogP contribution in [0.4, 0.5) is 27.8 Å². The van der Waals surface area contributed by atoms with Crippen LogP contribution in [0.5, 0.6) is 0 Å². The standard InChI is InChI=1S/C33H40F5N9O2S2/c1-21(45-9-11-46(12-10-45)51(48,49)42-17-30(34)35)18-47-25(16-39)13-27-22(2)23(3-4-29(27)47)19-44-7-5-24(6-8-44)43-31-28-14-26(15-33(36,37)38)50-32(28)41-20-40-31/h3-4,13-14,20-21,24,30,42H,5-12,15,17-19H2,1-2H3,(H,40,41,43)/t21-/m0/s1. The number of halogens is 5. The third-order valence-electron chi connectivity index (χ3n) is 9.76. The van der Waals surface area contributed by atoms with Crippen molar-refractivity contribution in [3.8, 4) is 6.07 Å². The van der Waals surface area contributed by atoms with Crippen LogP contribution in [0.2, 0.25) is 0 Å². The number of piperidine rings is 1. The molecule has 18 heteroatoms. The van der Waals surface area contributed by atoms with Crippen LogP contribution in [-0.2, 0) is 29.7 Å². The third-order valence-corrected chi connectivity index (χ3v) is 12.4. The molecule has 2 saturated heterocycles. The van der Waals surface area contributed by atoms with Gasteiger partial charge in [0.05, 0.1) is 18.4 Å². The molecule has 2 N–H and O–H groups in total. The van der Waals surface area contributed by atoms with Gasteiger partial charge in [0.15, 0.2) is 0 Å². The van der Waals surface area contributed by atoms with E-state index in [2.05, 4.69) is 44.1 Å². The van der Waals surface area contributed by atoms with Crippen LogP contribution in [0.25, 0.3) is 21.1 Å². The number of anilines is 1. The maximum Gasteiger partial charge on any atom is 0.393 e. The number of hydrogen-bond donors (Lipinski definition) is 2. The first-order chi connectivity index (χ1) is 24.2. The fourth-order valence-electron chi connectivity index (χ4n) is 6.98. The van der Waals surface area contributed by atoms with Crippen molar-refractivity contribution in [3.63, 3.8) is 0 Å². The molecule has 0 radical (unpaired) electrons. The maximum atomic E-state index is 13.0. The van der Waals surface area contributed by atoms with Crippen molar-refractivity contribution >= 4 is 48.5 Å². The Morgan fingerprint density at radius 3 is 2.45 bits per heavy atom. The minimum Gasteiger partial charge on any atom is -0.367 e. The smallest absolute Gasteiger partial charge is 0.367 e. The number of aromatic nitrogens is 3. The van der Waals surface area contributed by atoms with Crippen LogP contribution in [0, 0.1) is 18.3 Å². The van der Waals surface area contributed by atoms with E-state index in [1.807, 2.05) is 28.3 Å². The lowest BCUT2D eigenvalue weighted by atomic mass is 10.0. The minimum atomic E-state index is -4.28. The topological polar surface area (TPSA) is 122 Å². The number of hydrogen-bond acceptors (Lipinski definition) is 9. The molecule has 3 aromatic heterocycles. The SMILES string of the molecule is Cc1c(CN2CCC(Nc3ncnc4sc(CC(F)(F)F)cc34)CC2)ccc2c1cc(C#N)n2C[C@H](C)N1CCN(S(=O)(=O)NCC(F)F)CC1. The Bertz CT molecular complexity index is 2000. The number of thiophene rings is 1. The molecule has 0 saturated carbocycles. The van der Waals surface area contributed by atoms with Crippen molar-refractivity contribution in [1.29, 1.82) is 5.26 Å². The Kier molecular flexibility index (Phi) is 11.2. The lowest BCUT2D eigenvalue weighted by molar-refractivity contribution is -0.126. The fraction of sp³-hybridized carbons (Fsp3) is 0.545. The molecule has 5 heterocycles. The molecule has 6 rings (SSSR count). The second kappa shape index (κ2) is 15.2. The van der Waals surface area contributed by atoms with Gasteiger partial charge in [-0.2, -0.15) is 35.9 Å². The predicted molar refractivity (Wildman–Crippen MR) is 186 cm³/mol. The van der Waals surface area contributed by atoms with Crippen molar-refractivity contribution in [2.75, 3.05) is 51.1 Å². The number of nitrogens with zero attached hydrogens (tertiary/aromatic N) is 7. The van der Waals surface area contributed by atoms with E-state index in [1.165, 1.54) is 16.7 Å². The minimum absolute atomic E-state index is 0.0124. The summed E-state index contributed by atoms with van der Waals surface area (Å²) in [5.41, 5.74) is 3.75. The molecule has 2 aliphatic rings. The van der Waals surface area contributed by atoms with Gasteiger partial charge >= 0.3 is 6.18 Å². The second-order valence-corrected chi connectivity index (χ2v) is 16.1. The first kappa shape index (κ1) is 37.3. The van der Waals surface area contributed by atoms with Crippen LogP contribution in [0.3, 0.4) is 0 Å². The van der Waals surface area contributed by atoms with E-state index in [0.29, 0.717) is 41.4 Å². The highest BCUT2D eigenvalue weighted by Crippen LogP contribution is 2.34. The summed E-state index contributed by atoms with van der Waals surface area (Å²) in [6.07, 6.45) is -4.97. The van der Waals surface area contributed by atoms with Gasteiger partial charge in [-0.1, -0.05) is 6.07 Å². The largest absolute Gasteiger partial charge is 0.393 e. The van der Waals surface area contributed by atoms with Crippen LogP contribution in [-0.4, -0.2) is 108 Å². The molecule has 276 valence electrons. The van der Waals surface area contributed by atoms with Crippen LogP contribution in [0.1, 0.15) is 41.5 Å². The zero-order chi connectivity index (χ0) is 36.5. The summed E-state index contributed by atoms with van der Waals surface area (Å²) >= 11 is 1.04. The predicted octanol–water partition coefficient (Wildman–Crippen LogP) is 5.11. The molecule has 0 bridgehead atoms. The van der Waals surface area contributed by atoms with Crippen molar-refractivity contribution in [3.05, 3.63) is 52.3 Å². The molecule has 0 amide bonds. The molecule has 1 aromatic carbocycles. The molecule has 0 spiro atoms. The van der Waals surface area contributed by atoms with Crippen molar-refractivity contribution in [2.45, 2.75) is 70.9 Å². The second-order valence-electron chi connectivity index (χ2n) is 13.2. The van der Waals surface area contributed by atoms with Crippen LogP contribution < -0.4 is 10.0 Å². The van der Waals surface area contributed by atoms with E-state index in [1.54, 1.807) is 0 Å². The van der Waals surface area contributed by atoms with E-state index in [9.17, 15) is 35.6 Å². The van der Waals surface area contributed by atoms with Gasteiger partial charge in [-0.15, -0.1) is 11.3 Å². The summed E-state index contributed by atoms with van der Waals surface area (Å²) in [5, 5.41) is 15.1. The summed E-state index contributed by atoms with van der Waals surface area (Å²) in [7, 11) is -3.98. The highest BCUT2D eigenvalue weighted by Gasteiger charge is 2.31. The number of fused-ring (bicyclic) bond motifs is 2. The van der Waals surface area contributed by atoms with Crippen molar-refractivity contribution in [1.82, 2.24) is 33.4 Å². The van der Waals surface area contributed by atoms with Crippen molar-refractivity contribution in [2.24, 2.45) is 0 Å².